The number of amidine groups is 1. The third kappa shape index (κ3) is 3.62. The summed E-state index contributed by atoms with van der Waals surface area (Å²) >= 11 is 0. The molecule has 3 N–H and O–H groups in total. The van der Waals surface area contributed by atoms with E-state index < -0.39 is 11.2 Å². The maximum absolute atomic E-state index is 12.9. The monoisotopic (exact) mass is 387 g/mol. The molecule has 1 amide bonds. The smallest absolute Gasteiger partial charge is 0.410 e. The van der Waals surface area contributed by atoms with Crippen LogP contribution in [0.1, 0.15) is 56.0 Å². The van der Waals surface area contributed by atoms with Gasteiger partial charge >= 0.3 is 6.09 Å². The number of hydrazine groups is 2. The van der Waals surface area contributed by atoms with Gasteiger partial charge in [-0.05, 0) is 39.0 Å². The number of hydrogen-bond acceptors (Lipinski definition) is 8. The van der Waals surface area contributed by atoms with E-state index in [1.165, 1.54) is 0 Å². The van der Waals surface area contributed by atoms with Gasteiger partial charge in [0.2, 0.25) is 0 Å². The molecule has 3 aliphatic rings. The molecule has 0 aliphatic carbocycles. The topological polar surface area (TPSA) is 104 Å². The number of ether oxygens (including phenoxy) is 2. The second-order valence-electron chi connectivity index (χ2n) is 8.39. The Balaban J connectivity index is 1.46. The lowest BCUT2D eigenvalue weighted by Crippen LogP contribution is -2.53. The van der Waals surface area contributed by atoms with Gasteiger partial charge in [-0.1, -0.05) is 0 Å². The van der Waals surface area contributed by atoms with Crippen molar-refractivity contribution < 1.29 is 19.1 Å². The van der Waals surface area contributed by atoms with Crippen molar-refractivity contribution in [1.29, 1.82) is 0 Å². The first-order valence-corrected chi connectivity index (χ1v) is 9.43. The zero-order valence-corrected chi connectivity index (χ0v) is 16.3. The van der Waals surface area contributed by atoms with Crippen molar-refractivity contribution in [2.75, 3.05) is 13.1 Å². The molecule has 0 unspecified atom stereocenters. The highest BCUT2D eigenvalue weighted by atomic mass is 16.6. The summed E-state index contributed by atoms with van der Waals surface area (Å²) in [5.74, 6) is 1.25. The maximum Gasteiger partial charge on any atom is 0.410 e. The highest BCUT2D eigenvalue weighted by Gasteiger charge is 2.44. The van der Waals surface area contributed by atoms with E-state index in [1.807, 2.05) is 32.9 Å². The quantitative estimate of drug-likeness (QED) is 0.674. The molecule has 0 saturated carbocycles. The Bertz CT molecular complexity index is 837. The van der Waals surface area contributed by atoms with Gasteiger partial charge in [0.25, 0.3) is 0 Å². The minimum Gasteiger partial charge on any atom is -0.486 e. The van der Waals surface area contributed by atoms with Crippen molar-refractivity contribution in [2.24, 2.45) is 5.10 Å². The van der Waals surface area contributed by atoms with Crippen LogP contribution in [0, 0.1) is 0 Å². The summed E-state index contributed by atoms with van der Waals surface area (Å²) < 4.78 is 11.7. The highest BCUT2D eigenvalue weighted by Crippen LogP contribution is 2.40. The summed E-state index contributed by atoms with van der Waals surface area (Å²) in [7, 11) is 0. The molecule has 3 heterocycles. The van der Waals surface area contributed by atoms with Crippen LogP contribution in [-0.4, -0.2) is 46.9 Å². The number of piperidine rings is 1. The van der Waals surface area contributed by atoms with Crippen LogP contribution in [-0.2, 0) is 4.74 Å². The Kier molecular flexibility index (Phi) is 4.41. The molecule has 9 heteroatoms. The van der Waals surface area contributed by atoms with E-state index in [1.54, 1.807) is 11.0 Å². The molecule has 1 saturated heterocycles. The van der Waals surface area contributed by atoms with Gasteiger partial charge in [-0.3, -0.25) is 10.2 Å². The molecule has 1 spiro atoms. The number of benzene rings is 1. The third-order valence-electron chi connectivity index (χ3n) is 5.09. The predicted octanol–water partition coefficient (Wildman–Crippen LogP) is 1.70. The van der Waals surface area contributed by atoms with Gasteiger partial charge < -0.3 is 14.4 Å². The summed E-state index contributed by atoms with van der Waals surface area (Å²) in [4.78, 5) is 26.8. The van der Waals surface area contributed by atoms with E-state index in [-0.39, 0.29) is 11.9 Å². The second-order valence-corrected chi connectivity index (χ2v) is 8.39. The fourth-order valence-corrected chi connectivity index (χ4v) is 3.68. The summed E-state index contributed by atoms with van der Waals surface area (Å²) in [5, 5.41) is 4.06. The first kappa shape index (κ1) is 18.5. The average Bonchev–Trinajstić information content (AvgIpc) is 3.15. The second kappa shape index (κ2) is 6.66. The number of carbonyl (C=O) groups is 2. The lowest BCUT2D eigenvalue weighted by Gasteiger charge is -2.44. The van der Waals surface area contributed by atoms with E-state index in [2.05, 4.69) is 21.6 Å². The fraction of sp³-hybridized carbons (Fsp3) is 0.526. The summed E-state index contributed by atoms with van der Waals surface area (Å²) in [5.41, 5.74) is 8.42. The molecule has 3 aliphatic heterocycles. The fourth-order valence-electron chi connectivity index (χ4n) is 3.68. The van der Waals surface area contributed by atoms with Crippen molar-refractivity contribution in [2.45, 2.75) is 51.2 Å². The van der Waals surface area contributed by atoms with E-state index in [0.717, 1.165) is 5.56 Å². The molecule has 1 aromatic rings. The van der Waals surface area contributed by atoms with Gasteiger partial charge in [-0.25, -0.2) is 10.3 Å². The van der Waals surface area contributed by atoms with E-state index in [4.69, 9.17) is 9.47 Å². The number of ketones is 1. The van der Waals surface area contributed by atoms with Crippen LogP contribution in [0.25, 0.3) is 0 Å². The Hall–Kier alpha value is -2.81. The van der Waals surface area contributed by atoms with Gasteiger partial charge in [-0.15, -0.1) is 10.6 Å². The van der Waals surface area contributed by atoms with Crippen LogP contribution in [0.4, 0.5) is 4.79 Å². The Morgan fingerprint density at radius 1 is 1.29 bits per heavy atom. The molecule has 9 nitrogen and oxygen atoms in total. The number of nitrogens with zero attached hydrogens (tertiary/aromatic N) is 2. The van der Waals surface area contributed by atoms with Crippen LogP contribution in [0.3, 0.4) is 0 Å². The molecule has 4 rings (SSSR count). The van der Waals surface area contributed by atoms with E-state index in [0.29, 0.717) is 49.5 Å². The minimum atomic E-state index is -0.559. The SMILES string of the molecule is CC(C)(C)OC(=O)N1CCC2(CC1)CC(=O)c1cc(C3=NNNN3)ccc1O2. The molecule has 1 aromatic carbocycles. The summed E-state index contributed by atoms with van der Waals surface area (Å²) in [6.07, 6.45) is 1.19. The average molecular weight is 387 g/mol. The summed E-state index contributed by atoms with van der Waals surface area (Å²) in [6.45, 7) is 6.57. The van der Waals surface area contributed by atoms with Gasteiger partial charge in [0.15, 0.2) is 11.6 Å². The van der Waals surface area contributed by atoms with Gasteiger partial charge in [0, 0.05) is 31.5 Å². The number of nitrogens with one attached hydrogen (secondary N) is 3. The van der Waals surface area contributed by atoms with Crippen molar-refractivity contribution in [1.82, 2.24) is 21.4 Å². The van der Waals surface area contributed by atoms with Crippen molar-refractivity contribution in [3.05, 3.63) is 29.3 Å². The predicted molar refractivity (Wildman–Crippen MR) is 102 cm³/mol. The number of amides is 1. The molecule has 0 radical (unpaired) electrons. The highest BCUT2D eigenvalue weighted by molar-refractivity contribution is 6.05. The van der Waals surface area contributed by atoms with Gasteiger partial charge in [0.1, 0.15) is 17.0 Å². The maximum atomic E-state index is 12.9. The van der Waals surface area contributed by atoms with Crippen molar-refractivity contribution >= 4 is 17.7 Å². The number of fused-ring (bicyclic) bond motifs is 1. The molecule has 0 atom stereocenters. The zero-order chi connectivity index (χ0) is 19.9. The Labute approximate surface area is 163 Å². The molecule has 1 fully saturated rings. The number of rotatable bonds is 1. The molecule has 0 bridgehead atoms. The van der Waals surface area contributed by atoms with E-state index >= 15 is 0 Å². The normalized spacial score (nSPS) is 20.6. The zero-order valence-electron chi connectivity index (χ0n) is 16.3. The van der Waals surface area contributed by atoms with Crippen LogP contribution in [0.2, 0.25) is 0 Å². The lowest BCUT2D eigenvalue weighted by molar-refractivity contribution is -0.0226. The largest absolute Gasteiger partial charge is 0.486 e. The minimum absolute atomic E-state index is 0.0494. The van der Waals surface area contributed by atoms with Crippen LogP contribution in [0.15, 0.2) is 23.3 Å². The third-order valence-corrected chi connectivity index (χ3v) is 5.09. The van der Waals surface area contributed by atoms with Crippen LogP contribution < -0.4 is 21.2 Å². The van der Waals surface area contributed by atoms with Crippen molar-refractivity contribution in [3.63, 3.8) is 0 Å². The number of Topliss-reactive ketones (excluding diaryl/α,β-unsaturated/α-hetero) is 1. The Morgan fingerprint density at radius 2 is 2.04 bits per heavy atom. The molecular weight excluding hydrogens is 362 g/mol. The first-order chi connectivity index (χ1) is 13.2. The Morgan fingerprint density at radius 3 is 2.68 bits per heavy atom. The lowest BCUT2D eigenvalue weighted by atomic mass is 9.82. The molecule has 28 heavy (non-hydrogen) atoms. The van der Waals surface area contributed by atoms with Crippen LogP contribution in [0.5, 0.6) is 5.75 Å². The van der Waals surface area contributed by atoms with Crippen molar-refractivity contribution in [3.8, 4) is 5.75 Å². The number of carbonyl (C=O) groups excluding carboxylic acids is 2. The first-order valence-electron chi connectivity index (χ1n) is 9.43. The standard InChI is InChI=1S/C19H25N5O4/c1-18(2,3)28-17(26)24-8-6-19(7-9-24)11-14(25)13-10-12(4-5-15(13)27-19)16-20-22-23-21-16/h4-5,10,22-23H,6-9,11H2,1-3H3,(H,20,21). The number of likely N-dealkylation sites (tertiary alicyclic amines) is 1. The molecule has 0 aromatic heterocycles. The summed E-state index contributed by atoms with van der Waals surface area (Å²) in [6, 6.07) is 5.47. The number of hydrazone groups is 1. The number of hydrogen-bond donors (Lipinski definition) is 3. The van der Waals surface area contributed by atoms with Gasteiger partial charge in [0.05, 0.1) is 12.0 Å². The molecule has 150 valence electrons. The molecular formula is C19H25N5O4. The van der Waals surface area contributed by atoms with Gasteiger partial charge in [-0.2, -0.15) is 0 Å². The van der Waals surface area contributed by atoms with Crippen LogP contribution >= 0.6 is 0 Å². The van der Waals surface area contributed by atoms with E-state index in [9.17, 15) is 9.59 Å².